The lowest BCUT2D eigenvalue weighted by Crippen LogP contribution is -2.42. The van der Waals surface area contributed by atoms with Crippen LogP contribution in [-0.4, -0.2) is 25.2 Å². The van der Waals surface area contributed by atoms with Crippen molar-refractivity contribution in [2.75, 3.05) is 13.2 Å². The fourth-order valence-electron chi connectivity index (χ4n) is 3.02. The van der Waals surface area contributed by atoms with Crippen LogP contribution in [0.25, 0.3) is 0 Å². The fraction of sp³-hybridized carbons (Fsp3) is 0.900. The summed E-state index contributed by atoms with van der Waals surface area (Å²) < 4.78 is 10.5. The molecule has 0 unspecified atom stereocenters. The molecule has 0 aliphatic rings. The summed E-state index contributed by atoms with van der Waals surface area (Å²) in [6.07, 6.45) is 10.9. The van der Waals surface area contributed by atoms with Crippen LogP contribution in [-0.2, 0) is 19.1 Å². The molecule has 4 nitrogen and oxygen atoms in total. The van der Waals surface area contributed by atoms with Crippen molar-refractivity contribution in [2.45, 2.75) is 98.3 Å². The minimum absolute atomic E-state index is 0.295. The van der Waals surface area contributed by atoms with Gasteiger partial charge in [0.2, 0.25) is 0 Å². The maximum atomic E-state index is 12.6. The monoisotopic (exact) mass is 342 g/mol. The van der Waals surface area contributed by atoms with Crippen molar-refractivity contribution in [3.05, 3.63) is 0 Å². The Morgan fingerprint density at radius 3 is 1.50 bits per heavy atom. The Balaban J connectivity index is 4.79. The maximum Gasteiger partial charge on any atom is 0.323 e. The third kappa shape index (κ3) is 8.16. The first-order valence-corrected chi connectivity index (χ1v) is 9.93. The van der Waals surface area contributed by atoms with Crippen LogP contribution in [0.15, 0.2) is 0 Å². The molecule has 0 heterocycles. The van der Waals surface area contributed by atoms with Crippen LogP contribution in [0.5, 0.6) is 0 Å². The Bertz CT molecular complexity index is 321. The van der Waals surface area contributed by atoms with Crippen LogP contribution < -0.4 is 0 Å². The third-order valence-corrected chi connectivity index (χ3v) is 4.50. The quantitative estimate of drug-likeness (QED) is 0.226. The van der Waals surface area contributed by atoms with Gasteiger partial charge in [-0.3, -0.25) is 9.59 Å². The van der Waals surface area contributed by atoms with Gasteiger partial charge in [-0.1, -0.05) is 71.6 Å². The van der Waals surface area contributed by atoms with E-state index in [0.717, 1.165) is 32.1 Å². The van der Waals surface area contributed by atoms with Crippen LogP contribution in [0.1, 0.15) is 98.3 Å². The number of hydrogen-bond donors (Lipinski definition) is 0. The van der Waals surface area contributed by atoms with Gasteiger partial charge in [-0.05, 0) is 26.7 Å². The van der Waals surface area contributed by atoms with Crippen molar-refractivity contribution in [2.24, 2.45) is 5.41 Å². The maximum absolute atomic E-state index is 12.6. The molecule has 0 saturated heterocycles. The van der Waals surface area contributed by atoms with Gasteiger partial charge in [0.15, 0.2) is 5.41 Å². The molecule has 24 heavy (non-hydrogen) atoms. The molecule has 4 heteroatoms. The van der Waals surface area contributed by atoms with E-state index in [1.165, 1.54) is 25.7 Å². The van der Waals surface area contributed by atoms with Gasteiger partial charge in [0.25, 0.3) is 0 Å². The van der Waals surface area contributed by atoms with E-state index in [9.17, 15) is 9.59 Å². The highest BCUT2D eigenvalue weighted by atomic mass is 16.6. The lowest BCUT2D eigenvalue weighted by molar-refractivity contribution is -0.173. The zero-order valence-corrected chi connectivity index (χ0v) is 16.3. The molecular weight excluding hydrogens is 304 g/mol. The second-order valence-corrected chi connectivity index (χ2v) is 6.50. The second kappa shape index (κ2) is 14.3. The molecule has 0 amide bonds. The Hall–Kier alpha value is -1.06. The van der Waals surface area contributed by atoms with E-state index in [1.807, 2.05) is 0 Å². The predicted octanol–water partition coefficient (Wildman–Crippen LogP) is 5.43. The van der Waals surface area contributed by atoms with Crippen molar-refractivity contribution in [3.63, 3.8) is 0 Å². The topological polar surface area (TPSA) is 52.6 Å². The van der Waals surface area contributed by atoms with E-state index in [2.05, 4.69) is 13.8 Å². The van der Waals surface area contributed by atoms with E-state index >= 15 is 0 Å². The largest absolute Gasteiger partial charge is 0.465 e. The summed E-state index contributed by atoms with van der Waals surface area (Å²) in [4.78, 5) is 25.1. The standard InChI is InChI=1S/C20H38O4/c1-5-9-11-12-13-14-15-17-20(16-10-6-2,18(21)23-7-3)19(22)24-8-4/h5-17H2,1-4H3. The van der Waals surface area contributed by atoms with Crippen molar-refractivity contribution in [1.82, 2.24) is 0 Å². The molecule has 0 spiro atoms. The van der Waals surface area contributed by atoms with Gasteiger partial charge in [0.1, 0.15) is 0 Å². The molecule has 0 aromatic heterocycles. The van der Waals surface area contributed by atoms with Crippen LogP contribution in [0, 0.1) is 5.41 Å². The summed E-state index contributed by atoms with van der Waals surface area (Å²) >= 11 is 0. The first kappa shape index (κ1) is 22.9. The van der Waals surface area contributed by atoms with Crippen LogP contribution in [0.3, 0.4) is 0 Å². The predicted molar refractivity (Wildman–Crippen MR) is 97.8 cm³/mol. The Labute approximate surface area is 148 Å². The molecule has 0 bridgehead atoms. The molecule has 0 saturated carbocycles. The fourth-order valence-corrected chi connectivity index (χ4v) is 3.02. The van der Waals surface area contributed by atoms with E-state index in [-0.39, 0.29) is 0 Å². The summed E-state index contributed by atoms with van der Waals surface area (Å²) in [7, 11) is 0. The number of carbonyl (C=O) groups is 2. The molecule has 142 valence electrons. The average Bonchev–Trinajstić information content (AvgIpc) is 2.57. The molecule has 0 aliphatic heterocycles. The lowest BCUT2D eigenvalue weighted by Gasteiger charge is -2.29. The van der Waals surface area contributed by atoms with Crippen LogP contribution in [0.2, 0.25) is 0 Å². The van der Waals surface area contributed by atoms with Crippen LogP contribution in [0.4, 0.5) is 0 Å². The highest BCUT2D eigenvalue weighted by Crippen LogP contribution is 2.35. The van der Waals surface area contributed by atoms with E-state index < -0.39 is 17.4 Å². The van der Waals surface area contributed by atoms with E-state index in [0.29, 0.717) is 26.1 Å². The SMILES string of the molecule is CCCCCCCCCC(CCCC)(C(=O)OCC)C(=O)OCC. The molecule has 0 fully saturated rings. The normalized spacial score (nSPS) is 11.3. The van der Waals surface area contributed by atoms with Gasteiger partial charge < -0.3 is 9.47 Å². The molecule has 0 N–H and O–H groups in total. The smallest absolute Gasteiger partial charge is 0.323 e. The van der Waals surface area contributed by atoms with Crippen molar-refractivity contribution < 1.29 is 19.1 Å². The minimum atomic E-state index is -1.11. The lowest BCUT2D eigenvalue weighted by atomic mass is 9.78. The second-order valence-electron chi connectivity index (χ2n) is 6.50. The molecule has 0 atom stereocenters. The summed E-state index contributed by atoms with van der Waals surface area (Å²) in [5.41, 5.74) is -1.11. The molecule has 0 rings (SSSR count). The number of unbranched alkanes of at least 4 members (excludes halogenated alkanes) is 7. The number of carbonyl (C=O) groups excluding carboxylic acids is 2. The number of hydrogen-bond acceptors (Lipinski definition) is 4. The summed E-state index contributed by atoms with van der Waals surface area (Å²) in [6.45, 7) is 8.42. The zero-order chi connectivity index (χ0) is 18.3. The average molecular weight is 343 g/mol. The van der Waals surface area contributed by atoms with Crippen molar-refractivity contribution in [1.29, 1.82) is 0 Å². The van der Waals surface area contributed by atoms with Gasteiger partial charge in [0.05, 0.1) is 13.2 Å². The Kier molecular flexibility index (Phi) is 13.7. The number of rotatable bonds is 15. The third-order valence-electron chi connectivity index (χ3n) is 4.50. The summed E-state index contributed by atoms with van der Waals surface area (Å²) in [5.74, 6) is -0.800. The van der Waals surface area contributed by atoms with Crippen molar-refractivity contribution in [3.8, 4) is 0 Å². The highest BCUT2D eigenvalue weighted by molar-refractivity contribution is 6.00. The first-order chi connectivity index (χ1) is 11.6. The molecular formula is C20H38O4. The molecule has 0 aromatic rings. The first-order valence-electron chi connectivity index (χ1n) is 9.93. The van der Waals surface area contributed by atoms with Gasteiger partial charge in [-0.15, -0.1) is 0 Å². The number of ether oxygens (including phenoxy) is 2. The Morgan fingerprint density at radius 1 is 0.625 bits per heavy atom. The minimum Gasteiger partial charge on any atom is -0.465 e. The number of esters is 2. The zero-order valence-electron chi connectivity index (χ0n) is 16.3. The van der Waals surface area contributed by atoms with E-state index in [1.54, 1.807) is 13.8 Å². The highest BCUT2D eigenvalue weighted by Gasteiger charge is 2.47. The molecule has 0 radical (unpaired) electrons. The Morgan fingerprint density at radius 2 is 1.04 bits per heavy atom. The van der Waals surface area contributed by atoms with Crippen LogP contribution >= 0.6 is 0 Å². The van der Waals surface area contributed by atoms with Crippen molar-refractivity contribution >= 4 is 11.9 Å². The summed E-state index contributed by atoms with van der Waals surface area (Å²) in [6, 6.07) is 0. The molecule has 0 aliphatic carbocycles. The van der Waals surface area contributed by atoms with Gasteiger partial charge >= 0.3 is 11.9 Å². The van der Waals surface area contributed by atoms with Gasteiger partial charge in [-0.2, -0.15) is 0 Å². The van der Waals surface area contributed by atoms with Gasteiger partial charge in [-0.25, -0.2) is 0 Å². The van der Waals surface area contributed by atoms with E-state index in [4.69, 9.17) is 9.47 Å². The van der Waals surface area contributed by atoms with Gasteiger partial charge in [0, 0.05) is 0 Å². The molecule has 0 aromatic carbocycles. The summed E-state index contributed by atoms with van der Waals surface area (Å²) in [5, 5.41) is 0.